The lowest BCUT2D eigenvalue weighted by Gasteiger charge is -2.45. The molecule has 2 nitrogen and oxygen atoms in total. The topological polar surface area (TPSA) is 21.3 Å². The van der Waals surface area contributed by atoms with Crippen molar-refractivity contribution in [3.8, 4) is 0 Å². The van der Waals surface area contributed by atoms with Crippen molar-refractivity contribution >= 4 is 0 Å². The average Bonchev–Trinajstić information content (AvgIpc) is 2.13. The quantitative estimate of drug-likeness (QED) is 0.622. The highest BCUT2D eigenvalue weighted by atomic mass is 16.5. The predicted molar refractivity (Wildman–Crippen MR) is 53.6 cm³/mol. The van der Waals surface area contributed by atoms with Gasteiger partial charge >= 0.3 is 0 Å². The highest BCUT2D eigenvalue weighted by Gasteiger charge is 2.39. The highest BCUT2D eigenvalue weighted by molar-refractivity contribution is 4.90. The Morgan fingerprint density at radius 3 is 2.31 bits per heavy atom. The smallest absolute Gasteiger partial charge is 0.119 e. The molecule has 0 radical (unpaired) electrons. The molecule has 1 aliphatic heterocycles. The first-order chi connectivity index (χ1) is 6.12. The molecule has 2 rings (SSSR count). The zero-order valence-corrected chi connectivity index (χ0v) is 8.86. The molecule has 1 saturated heterocycles. The summed E-state index contributed by atoms with van der Waals surface area (Å²) >= 11 is 0. The van der Waals surface area contributed by atoms with Crippen molar-refractivity contribution in [2.45, 2.75) is 51.7 Å². The van der Waals surface area contributed by atoms with Gasteiger partial charge in [-0.2, -0.15) is 0 Å². The van der Waals surface area contributed by atoms with Crippen molar-refractivity contribution in [3.63, 3.8) is 0 Å². The van der Waals surface area contributed by atoms with Gasteiger partial charge in [-0.15, -0.1) is 0 Å². The van der Waals surface area contributed by atoms with Crippen molar-refractivity contribution in [2.24, 2.45) is 5.41 Å². The van der Waals surface area contributed by atoms with Crippen LogP contribution < -0.4 is 5.32 Å². The Balaban J connectivity index is 1.95. The summed E-state index contributed by atoms with van der Waals surface area (Å²) in [5.41, 5.74) is 0.599. The van der Waals surface area contributed by atoms with Crippen LogP contribution in [0.25, 0.3) is 0 Å². The van der Waals surface area contributed by atoms with E-state index in [2.05, 4.69) is 19.2 Å². The molecule has 2 heteroatoms. The van der Waals surface area contributed by atoms with Crippen LogP contribution in [0.3, 0.4) is 0 Å². The largest absolute Gasteiger partial charge is 0.361 e. The molecule has 0 unspecified atom stereocenters. The van der Waals surface area contributed by atoms with Crippen LogP contribution in [0.1, 0.15) is 46.0 Å². The fourth-order valence-electron chi connectivity index (χ4n) is 2.36. The average molecular weight is 183 g/mol. The second-order valence-corrected chi connectivity index (χ2v) is 5.29. The number of hydrogen-bond acceptors (Lipinski definition) is 2. The standard InChI is InChI=1S/C11H21NO/c1-10(2)4-6-11(7-5-10)12-8-3-9-13-11/h12H,3-9H2,1-2H3. The van der Waals surface area contributed by atoms with Crippen LogP contribution in [-0.2, 0) is 4.74 Å². The lowest BCUT2D eigenvalue weighted by atomic mass is 9.73. The molecule has 2 fully saturated rings. The summed E-state index contributed by atoms with van der Waals surface area (Å²) in [6.45, 7) is 6.82. The molecule has 76 valence electrons. The maximum Gasteiger partial charge on any atom is 0.119 e. The third-order valence-electron chi connectivity index (χ3n) is 3.56. The van der Waals surface area contributed by atoms with E-state index < -0.39 is 0 Å². The molecule has 1 spiro atoms. The molecule has 0 amide bonds. The first-order valence-electron chi connectivity index (χ1n) is 5.51. The van der Waals surface area contributed by atoms with E-state index in [1.807, 2.05) is 0 Å². The van der Waals surface area contributed by atoms with E-state index in [4.69, 9.17) is 4.74 Å². The molecular formula is C11H21NO. The van der Waals surface area contributed by atoms with Crippen LogP contribution >= 0.6 is 0 Å². The van der Waals surface area contributed by atoms with Gasteiger partial charge in [-0.3, -0.25) is 5.32 Å². The third-order valence-corrected chi connectivity index (χ3v) is 3.56. The molecular weight excluding hydrogens is 162 g/mol. The predicted octanol–water partition coefficient (Wildman–Crippen LogP) is 2.29. The second-order valence-electron chi connectivity index (χ2n) is 5.29. The van der Waals surface area contributed by atoms with Crippen molar-refractivity contribution in [2.75, 3.05) is 13.2 Å². The SMILES string of the molecule is CC1(C)CCC2(CC1)NCCCO2. The van der Waals surface area contributed by atoms with Gasteiger partial charge in [0.1, 0.15) is 5.72 Å². The molecule has 2 aliphatic rings. The summed E-state index contributed by atoms with van der Waals surface area (Å²) in [5.74, 6) is 0. The normalized spacial score (nSPS) is 31.8. The van der Waals surface area contributed by atoms with Crippen molar-refractivity contribution < 1.29 is 4.74 Å². The lowest BCUT2D eigenvalue weighted by molar-refractivity contribution is -0.130. The summed E-state index contributed by atoms with van der Waals surface area (Å²) in [6.07, 6.45) is 6.14. The minimum atomic E-state index is 0.0633. The van der Waals surface area contributed by atoms with E-state index in [1.165, 1.54) is 32.1 Å². The van der Waals surface area contributed by atoms with Crippen LogP contribution in [0, 0.1) is 5.41 Å². The molecule has 1 heterocycles. The van der Waals surface area contributed by atoms with E-state index in [0.29, 0.717) is 5.41 Å². The number of rotatable bonds is 0. The minimum absolute atomic E-state index is 0.0633. The van der Waals surface area contributed by atoms with Gasteiger partial charge < -0.3 is 4.74 Å². The van der Waals surface area contributed by atoms with Crippen LogP contribution in [0.5, 0.6) is 0 Å². The molecule has 1 N–H and O–H groups in total. The maximum absolute atomic E-state index is 5.89. The Labute approximate surface area is 81.0 Å². The molecule has 0 aromatic heterocycles. The van der Waals surface area contributed by atoms with Gasteiger partial charge in [0, 0.05) is 0 Å². The van der Waals surface area contributed by atoms with Gasteiger partial charge in [-0.05, 0) is 44.1 Å². The fourth-order valence-corrected chi connectivity index (χ4v) is 2.36. The molecule has 0 aromatic carbocycles. The van der Waals surface area contributed by atoms with E-state index in [0.717, 1.165) is 13.2 Å². The second kappa shape index (κ2) is 3.25. The summed E-state index contributed by atoms with van der Waals surface area (Å²) in [6, 6.07) is 0. The van der Waals surface area contributed by atoms with Crippen LogP contribution in [-0.4, -0.2) is 18.9 Å². The van der Waals surface area contributed by atoms with Gasteiger partial charge in [0.15, 0.2) is 0 Å². The first kappa shape index (κ1) is 9.47. The first-order valence-corrected chi connectivity index (χ1v) is 5.51. The number of hydrogen-bond donors (Lipinski definition) is 1. The maximum atomic E-state index is 5.89. The van der Waals surface area contributed by atoms with Crippen LogP contribution in [0.4, 0.5) is 0 Å². The van der Waals surface area contributed by atoms with E-state index in [1.54, 1.807) is 0 Å². The molecule has 1 aliphatic carbocycles. The lowest BCUT2D eigenvalue weighted by Crippen LogP contribution is -2.54. The molecule has 0 atom stereocenters. The Bertz CT molecular complexity index is 171. The Morgan fingerprint density at radius 1 is 1.08 bits per heavy atom. The van der Waals surface area contributed by atoms with Crippen LogP contribution in [0.2, 0.25) is 0 Å². The van der Waals surface area contributed by atoms with E-state index in [-0.39, 0.29) is 5.72 Å². The third kappa shape index (κ3) is 2.05. The fraction of sp³-hybridized carbons (Fsp3) is 1.00. The molecule has 1 saturated carbocycles. The van der Waals surface area contributed by atoms with Gasteiger partial charge in [0.05, 0.1) is 6.61 Å². The minimum Gasteiger partial charge on any atom is -0.361 e. The molecule has 0 bridgehead atoms. The Morgan fingerprint density at radius 2 is 1.77 bits per heavy atom. The monoisotopic (exact) mass is 183 g/mol. The van der Waals surface area contributed by atoms with Crippen molar-refractivity contribution in [1.29, 1.82) is 0 Å². The van der Waals surface area contributed by atoms with Crippen molar-refractivity contribution in [3.05, 3.63) is 0 Å². The van der Waals surface area contributed by atoms with Gasteiger partial charge in [-0.25, -0.2) is 0 Å². The zero-order chi connectivity index (χ0) is 9.36. The van der Waals surface area contributed by atoms with E-state index in [9.17, 15) is 0 Å². The van der Waals surface area contributed by atoms with Gasteiger partial charge in [0.2, 0.25) is 0 Å². The summed E-state index contributed by atoms with van der Waals surface area (Å²) in [4.78, 5) is 0. The zero-order valence-electron chi connectivity index (χ0n) is 8.86. The summed E-state index contributed by atoms with van der Waals surface area (Å²) in [7, 11) is 0. The number of ether oxygens (including phenoxy) is 1. The number of nitrogens with one attached hydrogen (secondary N) is 1. The van der Waals surface area contributed by atoms with Gasteiger partial charge in [-0.1, -0.05) is 13.8 Å². The Kier molecular flexibility index (Phi) is 2.37. The highest BCUT2D eigenvalue weighted by Crippen LogP contribution is 2.41. The molecule has 0 aromatic rings. The molecule has 13 heavy (non-hydrogen) atoms. The summed E-state index contributed by atoms with van der Waals surface area (Å²) < 4.78 is 5.89. The van der Waals surface area contributed by atoms with Crippen LogP contribution in [0.15, 0.2) is 0 Å². The Hall–Kier alpha value is -0.0800. The van der Waals surface area contributed by atoms with Crippen molar-refractivity contribution in [1.82, 2.24) is 5.32 Å². The van der Waals surface area contributed by atoms with E-state index >= 15 is 0 Å². The summed E-state index contributed by atoms with van der Waals surface area (Å²) in [5, 5.41) is 3.55. The van der Waals surface area contributed by atoms with Gasteiger partial charge in [0.25, 0.3) is 0 Å².